The van der Waals surface area contributed by atoms with Crippen LogP contribution in [0.5, 0.6) is 0 Å². The van der Waals surface area contributed by atoms with Crippen molar-refractivity contribution in [2.45, 2.75) is 19.8 Å². The molecule has 3 rings (SSSR count). The van der Waals surface area contributed by atoms with Gasteiger partial charge in [-0.2, -0.15) is 5.26 Å². The SMILES string of the molecule is CC(=O)C1=C(C)NC(SCC(=O)Nc2ccccc2Cl)=C(C#N)[C@H]1c1ccc(Cl)cc1. The molecule has 1 atom stereocenters. The zero-order chi connectivity index (χ0) is 22.5. The predicted molar refractivity (Wildman–Crippen MR) is 126 cm³/mol. The van der Waals surface area contributed by atoms with Crippen molar-refractivity contribution in [2.75, 3.05) is 11.1 Å². The molecule has 2 aromatic rings. The van der Waals surface area contributed by atoms with E-state index in [-0.39, 0.29) is 17.4 Å². The molecule has 0 radical (unpaired) electrons. The predicted octanol–water partition coefficient (Wildman–Crippen LogP) is 5.65. The molecule has 1 heterocycles. The normalized spacial score (nSPS) is 15.9. The number of amides is 1. The Bertz CT molecular complexity index is 1130. The number of allylic oxidation sites excluding steroid dienone is 3. The minimum atomic E-state index is -0.532. The van der Waals surface area contributed by atoms with E-state index in [4.69, 9.17) is 23.2 Å². The minimum Gasteiger partial charge on any atom is -0.353 e. The van der Waals surface area contributed by atoms with Gasteiger partial charge < -0.3 is 10.6 Å². The van der Waals surface area contributed by atoms with Crippen LogP contribution in [0.2, 0.25) is 10.0 Å². The molecule has 0 fully saturated rings. The van der Waals surface area contributed by atoms with Crippen LogP contribution in [0.25, 0.3) is 0 Å². The molecule has 2 N–H and O–H groups in total. The minimum absolute atomic E-state index is 0.0642. The van der Waals surface area contributed by atoms with Crippen molar-refractivity contribution >= 4 is 52.3 Å². The van der Waals surface area contributed by atoms with Crippen LogP contribution in [-0.4, -0.2) is 17.4 Å². The zero-order valence-electron chi connectivity index (χ0n) is 16.8. The molecule has 0 aliphatic carbocycles. The van der Waals surface area contributed by atoms with Gasteiger partial charge in [0.2, 0.25) is 5.91 Å². The van der Waals surface area contributed by atoms with Gasteiger partial charge in [-0.15, -0.1) is 0 Å². The van der Waals surface area contributed by atoms with Crippen molar-refractivity contribution in [1.29, 1.82) is 5.26 Å². The molecule has 0 unspecified atom stereocenters. The van der Waals surface area contributed by atoms with E-state index in [1.54, 1.807) is 55.5 Å². The first kappa shape index (κ1) is 23.0. The summed E-state index contributed by atoms with van der Waals surface area (Å²) in [6.45, 7) is 3.27. The summed E-state index contributed by atoms with van der Waals surface area (Å²) in [6.07, 6.45) is 0. The standard InChI is InChI=1S/C23H19Cl2N3O2S/c1-13-21(14(2)29)22(15-7-9-16(24)10-8-15)17(11-26)23(27-13)31-12-20(30)28-19-6-4-3-5-18(19)25/h3-10,22,27H,12H2,1-2H3,(H,28,30)/t22-/m1/s1. The number of Topliss-reactive ketones (excluding diaryl/α,β-unsaturated/α-hetero) is 1. The highest BCUT2D eigenvalue weighted by Crippen LogP contribution is 2.41. The number of rotatable bonds is 6. The molecular formula is C23H19Cl2N3O2S. The summed E-state index contributed by atoms with van der Waals surface area (Å²) in [4.78, 5) is 24.8. The summed E-state index contributed by atoms with van der Waals surface area (Å²) in [5.41, 5.74) is 2.86. The van der Waals surface area contributed by atoms with Crippen LogP contribution in [-0.2, 0) is 9.59 Å². The number of dihydropyridines is 1. The fourth-order valence-electron chi connectivity index (χ4n) is 3.37. The Balaban J connectivity index is 1.88. The molecule has 0 saturated carbocycles. The third-order valence-corrected chi connectivity index (χ3v) is 6.32. The lowest BCUT2D eigenvalue weighted by Gasteiger charge is -2.29. The summed E-state index contributed by atoms with van der Waals surface area (Å²) < 4.78 is 0. The van der Waals surface area contributed by atoms with Crippen molar-refractivity contribution in [2.24, 2.45) is 0 Å². The molecule has 0 spiro atoms. The third kappa shape index (κ3) is 5.31. The van der Waals surface area contributed by atoms with E-state index in [2.05, 4.69) is 16.7 Å². The average Bonchev–Trinajstić information content (AvgIpc) is 2.73. The van der Waals surface area contributed by atoms with Gasteiger partial charge in [-0.05, 0) is 43.7 Å². The number of nitrogens with one attached hydrogen (secondary N) is 2. The number of hydrogen-bond donors (Lipinski definition) is 2. The van der Waals surface area contributed by atoms with Crippen LogP contribution in [0.3, 0.4) is 0 Å². The number of benzene rings is 2. The van der Waals surface area contributed by atoms with Crippen LogP contribution < -0.4 is 10.6 Å². The Morgan fingerprint density at radius 3 is 2.45 bits per heavy atom. The molecule has 0 saturated heterocycles. The van der Waals surface area contributed by atoms with E-state index in [1.807, 2.05) is 0 Å². The molecule has 8 heteroatoms. The second kappa shape index (κ2) is 10.1. The van der Waals surface area contributed by atoms with Crippen molar-refractivity contribution in [3.63, 3.8) is 0 Å². The Kier molecular flexibility index (Phi) is 7.45. The number of anilines is 1. The van der Waals surface area contributed by atoms with E-state index >= 15 is 0 Å². The maximum absolute atomic E-state index is 12.4. The van der Waals surface area contributed by atoms with Crippen LogP contribution in [0.15, 0.2) is 70.4 Å². The van der Waals surface area contributed by atoms with E-state index in [0.717, 1.165) is 5.56 Å². The number of nitrogens with zero attached hydrogens (tertiary/aromatic N) is 1. The fraction of sp³-hybridized carbons (Fsp3) is 0.174. The summed E-state index contributed by atoms with van der Waals surface area (Å²) >= 11 is 13.3. The maximum Gasteiger partial charge on any atom is 0.234 e. The van der Waals surface area contributed by atoms with Gasteiger partial charge in [0.05, 0.1) is 39.1 Å². The first-order valence-electron chi connectivity index (χ1n) is 9.37. The van der Waals surface area contributed by atoms with Crippen LogP contribution in [0, 0.1) is 11.3 Å². The number of ketones is 1. The van der Waals surface area contributed by atoms with Gasteiger partial charge in [-0.25, -0.2) is 0 Å². The molecule has 0 bridgehead atoms. The number of para-hydroxylation sites is 1. The molecule has 1 amide bonds. The van der Waals surface area contributed by atoms with E-state index in [9.17, 15) is 14.9 Å². The number of carbonyl (C=O) groups excluding carboxylic acids is 2. The summed E-state index contributed by atoms with van der Waals surface area (Å²) in [5.74, 6) is -0.852. The third-order valence-electron chi connectivity index (χ3n) is 4.73. The van der Waals surface area contributed by atoms with Crippen LogP contribution in [0.4, 0.5) is 5.69 Å². The van der Waals surface area contributed by atoms with Crippen molar-refractivity contribution in [3.8, 4) is 6.07 Å². The van der Waals surface area contributed by atoms with Crippen molar-refractivity contribution < 1.29 is 9.59 Å². The second-order valence-corrected chi connectivity index (χ2v) is 8.70. The molecule has 5 nitrogen and oxygen atoms in total. The Morgan fingerprint density at radius 2 is 1.84 bits per heavy atom. The second-order valence-electron chi connectivity index (χ2n) is 6.88. The Labute approximate surface area is 195 Å². The molecule has 0 aromatic heterocycles. The lowest BCUT2D eigenvalue weighted by atomic mass is 9.81. The largest absolute Gasteiger partial charge is 0.353 e. The van der Waals surface area contributed by atoms with Gasteiger partial charge in [-0.3, -0.25) is 9.59 Å². The number of halogens is 2. The monoisotopic (exact) mass is 471 g/mol. The highest BCUT2D eigenvalue weighted by Gasteiger charge is 2.33. The zero-order valence-corrected chi connectivity index (χ0v) is 19.2. The lowest BCUT2D eigenvalue weighted by Crippen LogP contribution is -2.27. The smallest absolute Gasteiger partial charge is 0.234 e. The quantitative estimate of drug-likeness (QED) is 0.568. The number of nitriles is 1. The molecule has 2 aromatic carbocycles. The molecule has 1 aliphatic heterocycles. The highest BCUT2D eigenvalue weighted by atomic mass is 35.5. The molecule has 158 valence electrons. The van der Waals surface area contributed by atoms with Gasteiger partial charge in [0.1, 0.15) is 0 Å². The summed E-state index contributed by atoms with van der Waals surface area (Å²) in [6, 6.07) is 16.3. The van der Waals surface area contributed by atoms with Crippen molar-refractivity contribution in [1.82, 2.24) is 5.32 Å². The summed E-state index contributed by atoms with van der Waals surface area (Å²) in [5, 5.41) is 17.4. The molecule has 31 heavy (non-hydrogen) atoms. The molecular weight excluding hydrogens is 453 g/mol. The number of carbonyl (C=O) groups is 2. The Morgan fingerprint density at radius 1 is 1.16 bits per heavy atom. The highest BCUT2D eigenvalue weighted by molar-refractivity contribution is 8.03. The number of hydrogen-bond acceptors (Lipinski definition) is 5. The fourth-order valence-corrected chi connectivity index (χ4v) is 4.57. The summed E-state index contributed by atoms with van der Waals surface area (Å²) in [7, 11) is 0. The maximum atomic E-state index is 12.4. The van der Waals surface area contributed by atoms with Crippen LogP contribution >= 0.6 is 35.0 Å². The van der Waals surface area contributed by atoms with Gasteiger partial charge in [-0.1, -0.05) is 59.2 Å². The lowest BCUT2D eigenvalue weighted by molar-refractivity contribution is -0.114. The first-order chi connectivity index (χ1) is 14.8. The van der Waals surface area contributed by atoms with Gasteiger partial charge in [0, 0.05) is 16.3 Å². The van der Waals surface area contributed by atoms with E-state index < -0.39 is 5.92 Å². The van der Waals surface area contributed by atoms with E-state index in [0.29, 0.717) is 37.6 Å². The van der Waals surface area contributed by atoms with Gasteiger partial charge in [0.25, 0.3) is 0 Å². The van der Waals surface area contributed by atoms with Gasteiger partial charge >= 0.3 is 0 Å². The number of thioether (sulfide) groups is 1. The molecule has 1 aliphatic rings. The first-order valence-corrected chi connectivity index (χ1v) is 11.1. The van der Waals surface area contributed by atoms with Crippen molar-refractivity contribution in [3.05, 3.63) is 86.0 Å². The van der Waals surface area contributed by atoms with E-state index in [1.165, 1.54) is 18.7 Å². The average molecular weight is 472 g/mol. The van der Waals surface area contributed by atoms with Gasteiger partial charge in [0.15, 0.2) is 5.78 Å². The Hall–Kier alpha value is -2.72. The topological polar surface area (TPSA) is 82.0 Å². The van der Waals surface area contributed by atoms with Crippen LogP contribution in [0.1, 0.15) is 25.3 Å².